The van der Waals surface area contributed by atoms with Crippen LogP contribution in [-0.2, 0) is 9.59 Å². The van der Waals surface area contributed by atoms with E-state index in [-0.39, 0.29) is 24.1 Å². The lowest BCUT2D eigenvalue weighted by Crippen LogP contribution is -2.42. The zero-order valence-electron chi connectivity index (χ0n) is 15.7. The second-order valence-electron chi connectivity index (χ2n) is 7.06. The average Bonchev–Trinajstić information content (AvgIpc) is 2.63. The third kappa shape index (κ3) is 3.82. The Morgan fingerprint density at radius 1 is 1.19 bits per heavy atom. The Morgan fingerprint density at radius 3 is 2.48 bits per heavy atom. The number of hydrogen-bond donors (Lipinski definition) is 1. The number of benzene rings is 1. The zero-order chi connectivity index (χ0) is 19.7. The van der Waals surface area contributed by atoms with Crippen LogP contribution in [0.15, 0.2) is 21.3 Å². The Morgan fingerprint density at radius 2 is 1.85 bits per heavy atom. The molecule has 7 nitrogen and oxygen atoms in total. The summed E-state index contributed by atoms with van der Waals surface area (Å²) < 4.78 is 11.2. The molecule has 0 atom stereocenters. The van der Waals surface area contributed by atoms with Crippen molar-refractivity contribution in [3.05, 3.63) is 39.2 Å². The molecule has 1 saturated heterocycles. The Bertz CT molecular complexity index is 953. The van der Waals surface area contributed by atoms with Crippen molar-refractivity contribution in [2.24, 2.45) is 5.92 Å². The average molecular weight is 373 g/mol. The maximum absolute atomic E-state index is 12.5. The van der Waals surface area contributed by atoms with Crippen LogP contribution in [-0.4, -0.2) is 41.6 Å². The van der Waals surface area contributed by atoms with E-state index in [0.29, 0.717) is 48.2 Å². The molecule has 1 N–H and O–H groups in total. The number of nitrogens with zero attached hydrogens (tertiary/aromatic N) is 1. The predicted octanol–water partition coefficient (Wildman–Crippen LogP) is 2.42. The molecule has 2 heterocycles. The molecule has 1 fully saturated rings. The normalized spacial score (nSPS) is 15.1. The first kappa shape index (κ1) is 18.9. The summed E-state index contributed by atoms with van der Waals surface area (Å²) in [5.41, 5.74) is 2.20. The van der Waals surface area contributed by atoms with Crippen molar-refractivity contribution in [3.8, 4) is 5.75 Å². The standard InChI is InChI=1S/C20H23NO6/c1-11-8-15(18-12(2)13(3)20(25)27-16(18)9-11)26-10-17(22)21-6-4-14(5-7-21)19(23)24/h8-9,14H,4-7,10H2,1-3H3,(H,23,24). The van der Waals surface area contributed by atoms with E-state index in [9.17, 15) is 14.4 Å². The molecule has 2 aromatic rings. The minimum Gasteiger partial charge on any atom is -0.483 e. The van der Waals surface area contributed by atoms with Gasteiger partial charge in [0.1, 0.15) is 11.3 Å². The smallest absolute Gasteiger partial charge is 0.339 e. The minimum absolute atomic E-state index is 0.145. The van der Waals surface area contributed by atoms with E-state index < -0.39 is 5.97 Å². The van der Waals surface area contributed by atoms with Crippen molar-refractivity contribution < 1.29 is 23.8 Å². The van der Waals surface area contributed by atoms with Gasteiger partial charge < -0.3 is 19.2 Å². The van der Waals surface area contributed by atoms with Crippen LogP contribution >= 0.6 is 0 Å². The fourth-order valence-electron chi connectivity index (χ4n) is 3.41. The van der Waals surface area contributed by atoms with Gasteiger partial charge in [0.25, 0.3) is 5.91 Å². The maximum atomic E-state index is 12.5. The molecule has 0 saturated carbocycles. The third-order valence-corrected chi connectivity index (χ3v) is 5.20. The quantitative estimate of drug-likeness (QED) is 0.827. The highest BCUT2D eigenvalue weighted by Gasteiger charge is 2.27. The van der Waals surface area contributed by atoms with E-state index in [1.165, 1.54) is 0 Å². The van der Waals surface area contributed by atoms with Crippen molar-refractivity contribution in [1.82, 2.24) is 4.90 Å². The Kier molecular flexibility index (Phi) is 5.21. The summed E-state index contributed by atoms with van der Waals surface area (Å²) >= 11 is 0. The molecular formula is C20H23NO6. The van der Waals surface area contributed by atoms with Crippen molar-refractivity contribution in [1.29, 1.82) is 0 Å². The third-order valence-electron chi connectivity index (χ3n) is 5.20. The van der Waals surface area contributed by atoms with Crippen LogP contribution in [0.4, 0.5) is 0 Å². The summed E-state index contributed by atoms with van der Waals surface area (Å²) in [6.07, 6.45) is 0.913. The summed E-state index contributed by atoms with van der Waals surface area (Å²) in [5.74, 6) is -0.871. The summed E-state index contributed by atoms with van der Waals surface area (Å²) in [7, 11) is 0. The van der Waals surface area contributed by atoms with E-state index in [0.717, 1.165) is 11.1 Å². The van der Waals surface area contributed by atoms with Gasteiger partial charge in [-0.15, -0.1) is 0 Å². The van der Waals surface area contributed by atoms with Gasteiger partial charge in [0.05, 0.1) is 11.3 Å². The van der Waals surface area contributed by atoms with Gasteiger partial charge in [-0.25, -0.2) is 4.79 Å². The lowest BCUT2D eigenvalue weighted by atomic mass is 9.97. The molecule has 0 unspecified atom stereocenters. The fourth-order valence-corrected chi connectivity index (χ4v) is 3.41. The van der Waals surface area contributed by atoms with Gasteiger partial charge in [0.15, 0.2) is 6.61 Å². The molecule has 0 radical (unpaired) electrons. The number of ether oxygens (including phenoxy) is 1. The number of amides is 1. The monoisotopic (exact) mass is 373 g/mol. The summed E-state index contributed by atoms with van der Waals surface area (Å²) in [6, 6.07) is 3.59. The molecule has 1 aliphatic rings. The first-order valence-electron chi connectivity index (χ1n) is 8.96. The number of piperidine rings is 1. The van der Waals surface area contributed by atoms with Gasteiger partial charge in [-0.3, -0.25) is 9.59 Å². The lowest BCUT2D eigenvalue weighted by Gasteiger charge is -2.30. The Balaban J connectivity index is 1.77. The highest BCUT2D eigenvalue weighted by Crippen LogP contribution is 2.31. The van der Waals surface area contributed by atoms with Crippen LogP contribution in [0, 0.1) is 26.7 Å². The lowest BCUT2D eigenvalue weighted by molar-refractivity contribution is -0.146. The van der Waals surface area contributed by atoms with Crippen molar-refractivity contribution >= 4 is 22.8 Å². The summed E-state index contributed by atoms with van der Waals surface area (Å²) in [5, 5.41) is 9.74. The summed E-state index contributed by atoms with van der Waals surface area (Å²) in [6.45, 7) is 6.08. The number of rotatable bonds is 4. The number of aliphatic carboxylic acids is 1. The van der Waals surface area contributed by atoms with E-state index in [1.807, 2.05) is 19.9 Å². The largest absolute Gasteiger partial charge is 0.483 e. The topological polar surface area (TPSA) is 97.0 Å². The minimum atomic E-state index is -0.808. The molecule has 7 heteroatoms. The molecule has 0 aliphatic carbocycles. The van der Waals surface area contributed by atoms with Crippen LogP contribution in [0.3, 0.4) is 0 Å². The molecule has 3 rings (SSSR count). The molecular weight excluding hydrogens is 350 g/mol. The van der Waals surface area contributed by atoms with Gasteiger partial charge in [-0.05, 0) is 56.9 Å². The van der Waals surface area contributed by atoms with Crippen molar-refractivity contribution in [3.63, 3.8) is 0 Å². The first-order valence-corrected chi connectivity index (χ1v) is 8.96. The second kappa shape index (κ2) is 7.42. The molecule has 144 valence electrons. The number of carbonyl (C=O) groups is 2. The van der Waals surface area contributed by atoms with Crippen LogP contribution in [0.1, 0.15) is 29.5 Å². The number of carboxylic acid groups (broad SMARTS) is 1. The van der Waals surface area contributed by atoms with Gasteiger partial charge in [0, 0.05) is 18.7 Å². The summed E-state index contributed by atoms with van der Waals surface area (Å²) in [4.78, 5) is 37.0. The highest BCUT2D eigenvalue weighted by atomic mass is 16.5. The molecule has 1 aromatic heterocycles. The van der Waals surface area contributed by atoms with Crippen LogP contribution in [0.2, 0.25) is 0 Å². The van der Waals surface area contributed by atoms with Gasteiger partial charge >= 0.3 is 11.6 Å². The van der Waals surface area contributed by atoms with Crippen LogP contribution < -0.4 is 10.4 Å². The molecule has 27 heavy (non-hydrogen) atoms. The number of carbonyl (C=O) groups excluding carboxylic acids is 1. The Labute approximate surface area is 156 Å². The second-order valence-corrected chi connectivity index (χ2v) is 7.06. The first-order chi connectivity index (χ1) is 12.8. The van der Waals surface area contributed by atoms with E-state index in [1.54, 1.807) is 17.9 Å². The van der Waals surface area contributed by atoms with Crippen molar-refractivity contribution in [2.45, 2.75) is 33.6 Å². The molecule has 0 spiro atoms. The molecule has 1 aromatic carbocycles. The number of fused-ring (bicyclic) bond motifs is 1. The number of likely N-dealkylation sites (tertiary alicyclic amines) is 1. The molecule has 1 aliphatic heterocycles. The van der Waals surface area contributed by atoms with Gasteiger partial charge in [0.2, 0.25) is 0 Å². The van der Waals surface area contributed by atoms with Gasteiger partial charge in [-0.1, -0.05) is 0 Å². The molecule has 1 amide bonds. The van der Waals surface area contributed by atoms with E-state index in [2.05, 4.69) is 0 Å². The van der Waals surface area contributed by atoms with E-state index >= 15 is 0 Å². The van der Waals surface area contributed by atoms with E-state index in [4.69, 9.17) is 14.3 Å². The Hall–Kier alpha value is -2.83. The van der Waals surface area contributed by atoms with Crippen molar-refractivity contribution in [2.75, 3.05) is 19.7 Å². The van der Waals surface area contributed by atoms with Crippen LogP contribution in [0.25, 0.3) is 11.0 Å². The van der Waals surface area contributed by atoms with Crippen LogP contribution in [0.5, 0.6) is 5.75 Å². The SMILES string of the molecule is Cc1cc(OCC(=O)N2CCC(C(=O)O)CC2)c2c(C)c(C)c(=O)oc2c1. The number of aryl methyl sites for hydroxylation is 2. The fraction of sp³-hybridized carbons (Fsp3) is 0.450. The number of carboxylic acids is 1. The maximum Gasteiger partial charge on any atom is 0.339 e. The van der Waals surface area contributed by atoms with Gasteiger partial charge in [-0.2, -0.15) is 0 Å². The highest BCUT2D eigenvalue weighted by molar-refractivity contribution is 5.88. The zero-order valence-corrected chi connectivity index (χ0v) is 15.7. The number of hydrogen-bond acceptors (Lipinski definition) is 5. The molecule has 0 bridgehead atoms. The predicted molar refractivity (Wildman–Crippen MR) is 99.1 cm³/mol.